The number of carbonyl (C=O) groups excluding carboxylic acids is 1. The number of ether oxygens (including phenoxy) is 1. The first-order chi connectivity index (χ1) is 6.79. The number of rotatable bonds is 0. The van der Waals surface area contributed by atoms with Crippen LogP contribution in [0.15, 0.2) is 0 Å². The van der Waals surface area contributed by atoms with Crippen molar-refractivity contribution >= 4 is 18.5 Å². The normalized spacial score (nSPS) is 25.9. The quantitative estimate of drug-likeness (QED) is 0.716. The van der Waals surface area contributed by atoms with Crippen molar-refractivity contribution in [2.75, 3.05) is 13.1 Å². The highest BCUT2D eigenvalue weighted by Crippen LogP contribution is 2.16. The summed E-state index contributed by atoms with van der Waals surface area (Å²) in [6.45, 7) is 5.86. The van der Waals surface area contributed by atoms with E-state index in [0.29, 0.717) is 13.0 Å². The van der Waals surface area contributed by atoms with Crippen molar-refractivity contribution in [3.63, 3.8) is 0 Å². The van der Waals surface area contributed by atoms with Crippen molar-refractivity contribution in [3.8, 4) is 0 Å². The van der Waals surface area contributed by atoms with Gasteiger partial charge in [-0.15, -0.1) is 12.4 Å². The maximum absolute atomic E-state index is 13.2. The minimum absolute atomic E-state index is 0. The molecule has 1 saturated heterocycles. The summed E-state index contributed by atoms with van der Waals surface area (Å²) >= 11 is 0. The smallest absolute Gasteiger partial charge is 0.410 e. The van der Waals surface area contributed by atoms with Crippen molar-refractivity contribution in [3.05, 3.63) is 0 Å². The molecule has 0 aliphatic carbocycles. The van der Waals surface area contributed by atoms with Crippen molar-refractivity contribution in [1.82, 2.24) is 4.90 Å². The van der Waals surface area contributed by atoms with Gasteiger partial charge in [-0.25, -0.2) is 9.18 Å². The molecule has 96 valence electrons. The predicted octanol–water partition coefficient (Wildman–Crippen LogP) is 1.71. The van der Waals surface area contributed by atoms with Gasteiger partial charge in [0.05, 0.1) is 6.54 Å². The van der Waals surface area contributed by atoms with Crippen molar-refractivity contribution in [1.29, 1.82) is 0 Å². The maximum Gasteiger partial charge on any atom is 0.410 e. The lowest BCUT2D eigenvalue weighted by Gasteiger charge is -2.34. The van der Waals surface area contributed by atoms with Gasteiger partial charge < -0.3 is 15.4 Å². The number of nitrogens with two attached hydrogens (primary N) is 1. The molecule has 1 aliphatic rings. The SMILES string of the molecule is CC(C)(C)OC(=O)N1CC[C@H](N)[C@H](F)C1.Cl. The van der Waals surface area contributed by atoms with Crippen LogP contribution in [0, 0.1) is 0 Å². The largest absolute Gasteiger partial charge is 0.444 e. The molecule has 0 aromatic heterocycles. The molecule has 1 heterocycles. The zero-order valence-corrected chi connectivity index (χ0v) is 10.7. The first-order valence-electron chi connectivity index (χ1n) is 5.17. The third-order valence-electron chi connectivity index (χ3n) is 2.24. The summed E-state index contributed by atoms with van der Waals surface area (Å²) in [4.78, 5) is 12.9. The average Bonchev–Trinajstić information content (AvgIpc) is 2.06. The molecule has 4 nitrogen and oxygen atoms in total. The van der Waals surface area contributed by atoms with Gasteiger partial charge in [-0.2, -0.15) is 0 Å². The van der Waals surface area contributed by atoms with Crippen LogP contribution in [0.2, 0.25) is 0 Å². The monoisotopic (exact) mass is 254 g/mol. The van der Waals surface area contributed by atoms with Gasteiger partial charge in [0.1, 0.15) is 11.8 Å². The molecular weight excluding hydrogens is 235 g/mol. The Labute approximate surface area is 102 Å². The van der Waals surface area contributed by atoms with E-state index >= 15 is 0 Å². The van der Waals surface area contributed by atoms with Gasteiger partial charge in [0.15, 0.2) is 0 Å². The Hall–Kier alpha value is -0.550. The molecule has 1 amide bonds. The Bertz CT molecular complexity index is 245. The van der Waals surface area contributed by atoms with Crippen LogP contribution in [0.25, 0.3) is 0 Å². The predicted molar refractivity (Wildman–Crippen MR) is 62.5 cm³/mol. The van der Waals surface area contributed by atoms with Crippen LogP contribution in [0.5, 0.6) is 0 Å². The highest BCUT2D eigenvalue weighted by molar-refractivity contribution is 5.85. The Balaban J connectivity index is 0.00000225. The summed E-state index contributed by atoms with van der Waals surface area (Å²) in [7, 11) is 0. The molecule has 0 aromatic rings. The number of likely N-dealkylation sites (tertiary alicyclic amines) is 1. The number of alkyl halides is 1. The molecule has 1 rings (SSSR count). The first kappa shape index (κ1) is 15.4. The lowest BCUT2D eigenvalue weighted by Crippen LogP contribution is -2.51. The number of amides is 1. The Kier molecular flexibility index (Phi) is 5.49. The van der Waals surface area contributed by atoms with Crippen LogP contribution in [0.4, 0.5) is 9.18 Å². The van der Waals surface area contributed by atoms with Crippen molar-refractivity contribution in [2.24, 2.45) is 5.73 Å². The van der Waals surface area contributed by atoms with Gasteiger partial charge in [-0.05, 0) is 27.2 Å². The maximum atomic E-state index is 13.2. The van der Waals surface area contributed by atoms with Crippen LogP contribution in [-0.2, 0) is 4.74 Å². The zero-order valence-electron chi connectivity index (χ0n) is 9.90. The number of hydrogen-bond donors (Lipinski definition) is 1. The van der Waals surface area contributed by atoms with Gasteiger partial charge >= 0.3 is 6.09 Å². The lowest BCUT2D eigenvalue weighted by atomic mass is 10.0. The summed E-state index contributed by atoms with van der Waals surface area (Å²) in [6.07, 6.45) is -1.12. The van der Waals surface area contributed by atoms with Crippen molar-refractivity contribution < 1.29 is 13.9 Å². The molecule has 6 heteroatoms. The molecule has 0 saturated carbocycles. The molecular formula is C10H20ClFN2O2. The Morgan fingerprint density at radius 3 is 2.50 bits per heavy atom. The van der Waals surface area contributed by atoms with E-state index in [1.807, 2.05) is 0 Å². The minimum Gasteiger partial charge on any atom is -0.444 e. The van der Waals surface area contributed by atoms with Gasteiger partial charge in [0.25, 0.3) is 0 Å². The second-order valence-corrected chi connectivity index (χ2v) is 4.89. The summed E-state index contributed by atoms with van der Waals surface area (Å²) in [5.41, 5.74) is 4.97. The molecule has 0 unspecified atom stereocenters. The lowest BCUT2D eigenvalue weighted by molar-refractivity contribution is 0.0116. The molecule has 2 atom stereocenters. The molecule has 1 aliphatic heterocycles. The number of carbonyl (C=O) groups is 1. The van der Waals surface area contributed by atoms with Crippen LogP contribution < -0.4 is 5.73 Å². The fourth-order valence-corrected chi connectivity index (χ4v) is 1.42. The topological polar surface area (TPSA) is 55.6 Å². The van der Waals surface area contributed by atoms with Crippen LogP contribution in [0.3, 0.4) is 0 Å². The second-order valence-electron chi connectivity index (χ2n) is 4.89. The molecule has 0 spiro atoms. The van der Waals surface area contributed by atoms with E-state index in [0.717, 1.165) is 0 Å². The molecule has 0 radical (unpaired) electrons. The first-order valence-corrected chi connectivity index (χ1v) is 5.17. The van der Waals surface area contributed by atoms with E-state index in [4.69, 9.17) is 10.5 Å². The van der Waals surface area contributed by atoms with E-state index in [2.05, 4.69) is 0 Å². The fourth-order valence-electron chi connectivity index (χ4n) is 1.42. The third-order valence-corrected chi connectivity index (χ3v) is 2.24. The summed E-state index contributed by atoms with van der Waals surface area (Å²) in [5, 5.41) is 0. The summed E-state index contributed by atoms with van der Waals surface area (Å²) < 4.78 is 18.4. The van der Waals surface area contributed by atoms with Crippen LogP contribution >= 0.6 is 12.4 Å². The average molecular weight is 255 g/mol. The molecule has 1 fully saturated rings. The standard InChI is InChI=1S/C10H19FN2O2.ClH/c1-10(2,3)15-9(14)13-5-4-8(12)7(11)6-13;/h7-8H,4-6,12H2,1-3H3;1H/t7-,8+;/m1./s1. The summed E-state index contributed by atoms with van der Waals surface area (Å²) in [6, 6.07) is -0.455. The Morgan fingerprint density at radius 1 is 1.50 bits per heavy atom. The van der Waals surface area contributed by atoms with Crippen LogP contribution in [-0.4, -0.2) is 41.9 Å². The number of nitrogens with zero attached hydrogens (tertiary/aromatic N) is 1. The highest BCUT2D eigenvalue weighted by atomic mass is 35.5. The zero-order chi connectivity index (χ0) is 11.6. The summed E-state index contributed by atoms with van der Waals surface area (Å²) in [5.74, 6) is 0. The number of hydrogen-bond acceptors (Lipinski definition) is 3. The van der Waals surface area contributed by atoms with E-state index in [1.54, 1.807) is 20.8 Å². The van der Waals surface area contributed by atoms with Gasteiger partial charge in [0, 0.05) is 12.6 Å². The Morgan fingerprint density at radius 2 is 2.06 bits per heavy atom. The second kappa shape index (κ2) is 5.68. The highest BCUT2D eigenvalue weighted by Gasteiger charge is 2.31. The van der Waals surface area contributed by atoms with E-state index in [9.17, 15) is 9.18 Å². The molecule has 0 aromatic carbocycles. The molecule has 0 bridgehead atoms. The van der Waals surface area contributed by atoms with Gasteiger partial charge in [-0.3, -0.25) is 0 Å². The van der Waals surface area contributed by atoms with Crippen LogP contribution in [0.1, 0.15) is 27.2 Å². The minimum atomic E-state index is -1.15. The van der Waals surface area contributed by atoms with Crippen molar-refractivity contribution in [2.45, 2.75) is 45.0 Å². The molecule has 16 heavy (non-hydrogen) atoms. The third kappa shape index (κ3) is 4.53. The number of halogens is 2. The fraction of sp³-hybridized carbons (Fsp3) is 0.900. The molecule has 2 N–H and O–H groups in total. The number of piperidine rings is 1. The van der Waals surface area contributed by atoms with Gasteiger partial charge in [-0.1, -0.05) is 0 Å². The van der Waals surface area contributed by atoms with E-state index in [1.165, 1.54) is 4.90 Å². The van der Waals surface area contributed by atoms with E-state index < -0.39 is 23.9 Å². The van der Waals surface area contributed by atoms with E-state index in [-0.39, 0.29) is 19.0 Å². The van der Waals surface area contributed by atoms with Gasteiger partial charge in [0.2, 0.25) is 0 Å².